The molecule has 0 heterocycles. The first-order valence-electron chi connectivity index (χ1n) is 9.59. The molecule has 0 fully saturated rings. The van der Waals surface area contributed by atoms with Crippen LogP contribution in [0.1, 0.15) is 59.7 Å². The van der Waals surface area contributed by atoms with E-state index in [1.807, 2.05) is 0 Å². The predicted molar refractivity (Wildman–Crippen MR) is 109 cm³/mol. The summed E-state index contributed by atoms with van der Waals surface area (Å²) < 4.78 is 5.65. The molecule has 0 aromatic heterocycles. The summed E-state index contributed by atoms with van der Waals surface area (Å²) in [7, 11) is 0. The Hall–Kier alpha value is -3.42. The first-order valence-corrected chi connectivity index (χ1v) is 9.59. The average Bonchev–Trinajstić information content (AvgIpc) is 2.74. The molecule has 2 N–H and O–H groups in total. The number of nitrogens with zero attached hydrogens (tertiary/aromatic N) is 1. The van der Waals surface area contributed by atoms with Gasteiger partial charge < -0.3 is 4.74 Å². The Morgan fingerprint density at radius 1 is 0.862 bits per heavy atom. The van der Waals surface area contributed by atoms with Gasteiger partial charge in [0.2, 0.25) is 0 Å². The second-order valence-corrected chi connectivity index (χ2v) is 6.50. The number of ether oxygens (including phenoxy) is 1. The Morgan fingerprint density at radius 3 is 1.90 bits per heavy atom. The molecule has 0 bridgehead atoms. The summed E-state index contributed by atoms with van der Waals surface area (Å²) in [6.45, 7) is 2.82. The fraction of sp³-hybridized carbons (Fsp3) is 0.333. The zero-order valence-corrected chi connectivity index (χ0v) is 16.3. The summed E-state index contributed by atoms with van der Waals surface area (Å²) >= 11 is 0. The molecule has 2 rings (SSSR count). The smallest absolute Gasteiger partial charge is 0.269 e. The molecule has 154 valence electrons. The van der Waals surface area contributed by atoms with Gasteiger partial charge in [0.1, 0.15) is 5.75 Å². The van der Waals surface area contributed by atoms with Gasteiger partial charge in [-0.1, -0.05) is 32.6 Å². The number of hydrazine groups is 1. The summed E-state index contributed by atoms with van der Waals surface area (Å²) in [6, 6.07) is 11.7. The molecule has 0 spiro atoms. The van der Waals surface area contributed by atoms with Crippen LogP contribution < -0.4 is 15.6 Å². The van der Waals surface area contributed by atoms with Crippen LogP contribution in [0.3, 0.4) is 0 Å². The number of non-ortho nitro benzene ring substituents is 1. The molecule has 0 atom stereocenters. The van der Waals surface area contributed by atoms with Gasteiger partial charge in [0, 0.05) is 23.3 Å². The van der Waals surface area contributed by atoms with Crippen LogP contribution in [0.15, 0.2) is 48.5 Å². The number of nitro groups is 1. The Morgan fingerprint density at radius 2 is 1.38 bits per heavy atom. The molecule has 8 heteroatoms. The van der Waals surface area contributed by atoms with Crippen LogP contribution in [0.2, 0.25) is 0 Å². The third kappa shape index (κ3) is 7.25. The lowest BCUT2D eigenvalue weighted by atomic mass is 10.2. The summed E-state index contributed by atoms with van der Waals surface area (Å²) in [5, 5.41) is 10.6. The molecular formula is C21H25N3O5. The highest BCUT2D eigenvalue weighted by Gasteiger charge is 2.11. The maximum absolute atomic E-state index is 12.1. The van der Waals surface area contributed by atoms with E-state index in [9.17, 15) is 19.7 Å². The minimum Gasteiger partial charge on any atom is -0.494 e. The average molecular weight is 399 g/mol. The summed E-state index contributed by atoms with van der Waals surface area (Å²) in [4.78, 5) is 34.2. The number of rotatable bonds is 10. The highest BCUT2D eigenvalue weighted by atomic mass is 16.6. The molecule has 2 amide bonds. The van der Waals surface area contributed by atoms with Crippen LogP contribution in [0, 0.1) is 10.1 Å². The largest absolute Gasteiger partial charge is 0.494 e. The minimum atomic E-state index is -0.573. The summed E-state index contributed by atoms with van der Waals surface area (Å²) in [6.07, 6.45) is 5.80. The van der Waals surface area contributed by atoms with Gasteiger partial charge in [-0.05, 0) is 42.8 Å². The molecule has 2 aromatic rings. The van der Waals surface area contributed by atoms with Crippen molar-refractivity contribution in [2.45, 2.75) is 39.0 Å². The Bertz CT molecular complexity index is 819. The Kier molecular flexibility index (Phi) is 8.62. The van der Waals surface area contributed by atoms with Crippen molar-refractivity contribution in [1.82, 2.24) is 10.9 Å². The summed E-state index contributed by atoms with van der Waals surface area (Å²) in [5.41, 5.74) is 5.03. The zero-order valence-electron chi connectivity index (χ0n) is 16.3. The third-order valence-corrected chi connectivity index (χ3v) is 4.26. The maximum atomic E-state index is 12.1. The molecule has 0 saturated carbocycles. The van der Waals surface area contributed by atoms with Gasteiger partial charge in [-0.15, -0.1) is 0 Å². The SMILES string of the molecule is CCCCCCCOc1ccc(C(=O)NNC(=O)c2ccc([N+](=O)[O-])cc2)cc1. The highest BCUT2D eigenvalue weighted by molar-refractivity contribution is 5.99. The van der Waals surface area contributed by atoms with E-state index in [1.54, 1.807) is 24.3 Å². The van der Waals surface area contributed by atoms with Crippen LogP contribution in [-0.2, 0) is 0 Å². The van der Waals surface area contributed by atoms with Crippen molar-refractivity contribution in [2.24, 2.45) is 0 Å². The van der Waals surface area contributed by atoms with Gasteiger partial charge in [0.05, 0.1) is 11.5 Å². The van der Waals surface area contributed by atoms with E-state index >= 15 is 0 Å². The van der Waals surface area contributed by atoms with Crippen LogP contribution in [0.5, 0.6) is 5.75 Å². The Labute approximate surface area is 169 Å². The number of amides is 2. The fourth-order valence-electron chi connectivity index (χ4n) is 2.59. The molecule has 0 saturated heterocycles. The van der Waals surface area contributed by atoms with Crippen molar-refractivity contribution in [3.63, 3.8) is 0 Å². The number of hydrogen-bond acceptors (Lipinski definition) is 5. The molecule has 29 heavy (non-hydrogen) atoms. The molecule has 0 aliphatic carbocycles. The van der Waals surface area contributed by atoms with Crippen molar-refractivity contribution in [2.75, 3.05) is 6.61 Å². The van der Waals surface area contributed by atoms with Gasteiger partial charge >= 0.3 is 0 Å². The lowest BCUT2D eigenvalue weighted by molar-refractivity contribution is -0.384. The molecule has 8 nitrogen and oxygen atoms in total. The standard InChI is InChI=1S/C21H25N3O5/c1-2-3-4-5-6-15-29-19-13-9-17(10-14-19)21(26)23-22-20(25)16-7-11-18(12-8-16)24(27)28/h7-14H,2-6,15H2,1H3,(H,22,25)(H,23,26). The van der Waals surface area contributed by atoms with Crippen molar-refractivity contribution in [1.29, 1.82) is 0 Å². The number of nitro benzene ring substituents is 1. The first kappa shape index (κ1) is 21.9. The number of benzene rings is 2. The number of carbonyl (C=O) groups is 2. The lowest BCUT2D eigenvalue weighted by Gasteiger charge is -2.09. The molecule has 0 aliphatic rings. The zero-order chi connectivity index (χ0) is 21.1. The van der Waals surface area contributed by atoms with Crippen molar-refractivity contribution >= 4 is 17.5 Å². The molecule has 0 unspecified atom stereocenters. The van der Waals surface area contributed by atoms with E-state index in [2.05, 4.69) is 17.8 Å². The van der Waals surface area contributed by atoms with E-state index in [0.717, 1.165) is 12.8 Å². The summed E-state index contributed by atoms with van der Waals surface area (Å²) in [5.74, 6) is -0.366. The molecular weight excluding hydrogens is 374 g/mol. The monoisotopic (exact) mass is 399 g/mol. The van der Waals surface area contributed by atoms with Crippen LogP contribution in [0.25, 0.3) is 0 Å². The topological polar surface area (TPSA) is 111 Å². The van der Waals surface area contributed by atoms with Gasteiger partial charge in [-0.25, -0.2) is 0 Å². The van der Waals surface area contributed by atoms with Crippen LogP contribution >= 0.6 is 0 Å². The van der Waals surface area contributed by atoms with Crippen LogP contribution in [0.4, 0.5) is 5.69 Å². The quantitative estimate of drug-likeness (QED) is 0.356. The van der Waals surface area contributed by atoms with E-state index in [1.165, 1.54) is 43.5 Å². The predicted octanol–water partition coefficient (Wildman–Crippen LogP) is 4.02. The van der Waals surface area contributed by atoms with E-state index in [4.69, 9.17) is 4.74 Å². The number of carbonyl (C=O) groups excluding carboxylic acids is 2. The Balaban J connectivity index is 1.77. The fourth-order valence-corrected chi connectivity index (χ4v) is 2.59. The molecule has 0 aliphatic heterocycles. The third-order valence-electron chi connectivity index (χ3n) is 4.26. The van der Waals surface area contributed by atoms with Gasteiger partial charge in [-0.3, -0.25) is 30.6 Å². The maximum Gasteiger partial charge on any atom is 0.269 e. The van der Waals surface area contributed by atoms with Gasteiger partial charge in [0.15, 0.2) is 0 Å². The van der Waals surface area contributed by atoms with Gasteiger partial charge in [-0.2, -0.15) is 0 Å². The van der Waals surface area contributed by atoms with Crippen molar-refractivity contribution in [3.8, 4) is 5.75 Å². The van der Waals surface area contributed by atoms with E-state index in [-0.39, 0.29) is 11.3 Å². The van der Waals surface area contributed by atoms with Gasteiger partial charge in [0.25, 0.3) is 17.5 Å². The number of unbranched alkanes of at least 4 members (excludes halogenated alkanes) is 4. The van der Waals surface area contributed by atoms with E-state index in [0.29, 0.717) is 17.9 Å². The molecule has 0 radical (unpaired) electrons. The van der Waals surface area contributed by atoms with E-state index < -0.39 is 16.7 Å². The normalized spacial score (nSPS) is 10.2. The lowest BCUT2D eigenvalue weighted by Crippen LogP contribution is -2.41. The highest BCUT2D eigenvalue weighted by Crippen LogP contribution is 2.14. The van der Waals surface area contributed by atoms with Crippen molar-refractivity contribution < 1.29 is 19.2 Å². The van der Waals surface area contributed by atoms with Crippen LogP contribution in [-0.4, -0.2) is 23.3 Å². The number of nitrogens with one attached hydrogen (secondary N) is 2. The van der Waals surface area contributed by atoms with Crippen molar-refractivity contribution in [3.05, 3.63) is 69.8 Å². The minimum absolute atomic E-state index is 0.117. The first-order chi connectivity index (χ1) is 14.0. The second kappa shape index (κ2) is 11.4. The second-order valence-electron chi connectivity index (χ2n) is 6.50. The molecule has 2 aromatic carbocycles. The number of hydrogen-bond donors (Lipinski definition) is 2.